The van der Waals surface area contributed by atoms with Gasteiger partial charge in [-0.15, -0.1) is 0 Å². The van der Waals surface area contributed by atoms with Crippen LogP contribution in [-0.2, 0) is 33.8 Å². The van der Waals surface area contributed by atoms with Crippen LogP contribution in [0.1, 0.15) is 13.8 Å². The number of hydrogen-bond acceptors (Lipinski definition) is 9. The first-order valence-corrected chi connectivity index (χ1v) is 13.1. The molecule has 0 aromatic heterocycles. The highest BCUT2D eigenvalue weighted by Crippen LogP contribution is 2.57. The molecule has 0 saturated heterocycles. The van der Waals surface area contributed by atoms with Gasteiger partial charge in [0, 0.05) is 0 Å². The summed E-state index contributed by atoms with van der Waals surface area (Å²) < 4.78 is 81.9. The molecule has 2 aromatic rings. The van der Waals surface area contributed by atoms with Gasteiger partial charge in [0.05, 0.1) is 13.2 Å². The maximum Gasteiger partial charge on any atom is 0.371 e. The first kappa shape index (κ1) is 23.4. The van der Waals surface area contributed by atoms with E-state index in [1.807, 2.05) is 0 Å². The lowest BCUT2D eigenvalue weighted by Crippen LogP contribution is -2.37. The smallest absolute Gasteiger partial charge is 0.371 e. The molecule has 0 aliphatic heterocycles. The largest absolute Gasteiger partial charge is 0.381 e. The van der Waals surface area contributed by atoms with E-state index in [0.717, 1.165) is 0 Å². The molecule has 29 heavy (non-hydrogen) atoms. The maximum atomic E-state index is 13.2. The van der Waals surface area contributed by atoms with Crippen molar-refractivity contribution in [3.8, 4) is 11.5 Å². The Kier molecular flexibility index (Phi) is 7.84. The van der Waals surface area contributed by atoms with E-state index >= 15 is 0 Å². The minimum atomic E-state index is -5.08. The van der Waals surface area contributed by atoms with Crippen molar-refractivity contribution in [2.75, 3.05) is 13.2 Å². The Morgan fingerprint density at radius 3 is 1.38 bits per heavy atom. The summed E-state index contributed by atoms with van der Waals surface area (Å²) in [6, 6.07) is 14.3. The second-order valence-corrected chi connectivity index (χ2v) is 11.8. The van der Waals surface area contributed by atoms with Gasteiger partial charge >= 0.3 is 32.2 Å². The van der Waals surface area contributed by atoms with E-state index in [9.17, 15) is 21.4 Å². The average Bonchev–Trinajstić information content (AvgIpc) is 2.62. The van der Waals surface area contributed by atoms with E-state index in [0.29, 0.717) is 0 Å². The maximum absolute atomic E-state index is 13.2. The van der Waals surface area contributed by atoms with Gasteiger partial charge in [-0.1, -0.05) is 36.4 Å². The van der Waals surface area contributed by atoms with Gasteiger partial charge in [-0.05, 0) is 38.1 Å². The minimum Gasteiger partial charge on any atom is -0.381 e. The van der Waals surface area contributed by atoms with Crippen molar-refractivity contribution < 1.29 is 38.8 Å². The molecular formula is C17H21O9PS2. The number of para-hydroxylation sites is 2. The first-order chi connectivity index (χ1) is 13.6. The molecule has 0 aliphatic carbocycles. The topological polar surface area (TPSA) is 122 Å². The summed E-state index contributed by atoms with van der Waals surface area (Å²) >= 11 is 0. The van der Waals surface area contributed by atoms with Gasteiger partial charge in [0.25, 0.3) is 0 Å². The van der Waals surface area contributed by atoms with Gasteiger partial charge in [-0.2, -0.15) is 16.8 Å². The molecule has 0 amide bonds. The summed E-state index contributed by atoms with van der Waals surface area (Å²) in [5.41, 5.74) is 0. The average molecular weight is 464 g/mol. The Morgan fingerprint density at radius 2 is 1.07 bits per heavy atom. The predicted molar refractivity (Wildman–Crippen MR) is 107 cm³/mol. The van der Waals surface area contributed by atoms with Crippen LogP contribution in [-0.4, -0.2) is 34.4 Å². The van der Waals surface area contributed by atoms with Crippen LogP contribution in [0.15, 0.2) is 60.7 Å². The Bertz CT molecular complexity index is 957. The van der Waals surface area contributed by atoms with Crippen molar-refractivity contribution in [3.05, 3.63) is 60.7 Å². The third-order valence-electron chi connectivity index (χ3n) is 3.28. The van der Waals surface area contributed by atoms with Gasteiger partial charge in [0.2, 0.25) is 0 Å². The molecule has 0 aliphatic rings. The van der Waals surface area contributed by atoms with Crippen LogP contribution < -0.4 is 8.37 Å². The van der Waals surface area contributed by atoms with Crippen molar-refractivity contribution in [3.63, 3.8) is 0 Å². The number of rotatable bonds is 11. The molecule has 0 unspecified atom stereocenters. The van der Waals surface area contributed by atoms with Gasteiger partial charge in [0.1, 0.15) is 11.5 Å². The molecule has 160 valence electrons. The molecule has 2 rings (SSSR count). The molecule has 2 aromatic carbocycles. The highest BCUT2D eigenvalue weighted by Gasteiger charge is 2.57. The number of hydrogen-bond donors (Lipinski definition) is 0. The minimum absolute atomic E-state index is 0.174. The zero-order valence-electron chi connectivity index (χ0n) is 15.7. The SMILES string of the molecule is CCOP(=O)(OCC)C(S(=O)(=O)Oc1ccccc1)S(=O)(=O)Oc1ccccc1. The molecule has 0 saturated carbocycles. The lowest BCUT2D eigenvalue weighted by Gasteiger charge is -2.25. The van der Waals surface area contributed by atoms with Crippen LogP contribution in [0.2, 0.25) is 0 Å². The molecule has 0 heterocycles. The van der Waals surface area contributed by atoms with E-state index in [1.165, 1.54) is 62.4 Å². The first-order valence-electron chi connectivity index (χ1n) is 8.50. The van der Waals surface area contributed by atoms with Crippen LogP contribution in [0.3, 0.4) is 0 Å². The summed E-state index contributed by atoms with van der Waals surface area (Å²) in [4.78, 5) is 0. The van der Waals surface area contributed by atoms with Gasteiger partial charge in [0.15, 0.2) is 0 Å². The van der Waals surface area contributed by atoms with Gasteiger partial charge < -0.3 is 17.4 Å². The molecular weight excluding hydrogens is 443 g/mol. The Hall–Kier alpha value is -1.91. The fourth-order valence-corrected chi connectivity index (χ4v) is 9.15. The van der Waals surface area contributed by atoms with Crippen LogP contribution in [0.5, 0.6) is 11.5 Å². The third kappa shape index (κ3) is 6.03. The number of benzene rings is 2. The third-order valence-corrected chi connectivity index (χ3v) is 11.4. The Morgan fingerprint density at radius 1 is 0.724 bits per heavy atom. The summed E-state index contributed by atoms with van der Waals surface area (Å²) in [6.07, 6.45) is 0. The zero-order chi connectivity index (χ0) is 21.5. The monoisotopic (exact) mass is 464 g/mol. The predicted octanol–water partition coefficient (Wildman–Crippen LogP) is 3.35. The Balaban J connectivity index is 2.57. The van der Waals surface area contributed by atoms with E-state index in [4.69, 9.17) is 17.4 Å². The molecule has 0 atom stereocenters. The van der Waals surface area contributed by atoms with Crippen molar-refractivity contribution in [1.29, 1.82) is 0 Å². The summed E-state index contributed by atoms with van der Waals surface area (Å²) in [5.74, 6) is -0.348. The van der Waals surface area contributed by atoms with Crippen molar-refractivity contribution in [2.24, 2.45) is 0 Å². The molecule has 0 bridgehead atoms. The quantitative estimate of drug-likeness (QED) is 0.364. The standard InChI is InChI=1S/C17H21O9PS2/c1-3-23-27(18,24-4-2)17(28(19,20)25-15-11-7-5-8-12-15)29(21,22)26-16-13-9-6-10-14-16/h5-14,17H,3-4H2,1-2H3. The summed E-state index contributed by atoms with van der Waals surface area (Å²) in [7, 11) is -14.9. The molecule has 9 nitrogen and oxygen atoms in total. The van der Waals surface area contributed by atoms with E-state index in [-0.39, 0.29) is 24.7 Å². The fraction of sp³-hybridized carbons (Fsp3) is 0.294. The van der Waals surface area contributed by atoms with Crippen LogP contribution in [0.25, 0.3) is 0 Å². The van der Waals surface area contributed by atoms with Crippen molar-refractivity contribution in [1.82, 2.24) is 0 Å². The van der Waals surface area contributed by atoms with Crippen molar-refractivity contribution in [2.45, 2.75) is 18.2 Å². The molecule has 0 spiro atoms. The molecule has 0 N–H and O–H groups in total. The normalized spacial score (nSPS) is 12.7. The zero-order valence-corrected chi connectivity index (χ0v) is 18.2. The van der Waals surface area contributed by atoms with Crippen LogP contribution in [0.4, 0.5) is 0 Å². The van der Waals surface area contributed by atoms with E-state index < -0.39 is 32.2 Å². The highest BCUT2D eigenvalue weighted by atomic mass is 32.3. The highest BCUT2D eigenvalue weighted by molar-refractivity contribution is 8.13. The van der Waals surface area contributed by atoms with Crippen LogP contribution in [0, 0.1) is 0 Å². The summed E-state index contributed by atoms with van der Waals surface area (Å²) in [5, 5.41) is 0. The van der Waals surface area contributed by atoms with Gasteiger partial charge in [-0.25, -0.2) is 0 Å². The van der Waals surface area contributed by atoms with E-state index in [2.05, 4.69) is 0 Å². The fourth-order valence-electron chi connectivity index (χ4n) is 2.28. The van der Waals surface area contributed by atoms with Crippen molar-refractivity contribution >= 4 is 27.8 Å². The van der Waals surface area contributed by atoms with Gasteiger partial charge in [-0.3, -0.25) is 4.57 Å². The molecule has 0 fully saturated rings. The van der Waals surface area contributed by atoms with E-state index in [1.54, 1.807) is 12.1 Å². The second kappa shape index (κ2) is 9.73. The second-order valence-electron chi connectivity index (χ2n) is 5.46. The lowest BCUT2D eigenvalue weighted by atomic mass is 10.3. The summed E-state index contributed by atoms with van der Waals surface area (Å²) in [6.45, 7) is 2.29. The Labute approximate surface area is 170 Å². The lowest BCUT2D eigenvalue weighted by molar-refractivity contribution is 0.220. The molecule has 0 radical (unpaired) electrons. The van der Waals surface area contributed by atoms with Crippen LogP contribution >= 0.6 is 7.60 Å². The molecule has 12 heteroatoms.